The molecule has 0 aromatic rings. The Bertz CT molecular complexity index is 528. The van der Waals surface area contributed by atoms with Gasteiger partial charge in [0.05, 0.1) is 11.4 Å². The van der Waals surface area contributed by atoms with Crippen LogP contribution in [0.25, 0.3) is 0 Å². The highest BCUT2D eigenvalue weighted by Crippen LogP contribution is 2.17. The summed E-state index contributed by atoms with van der Waals surface area (Å²) in [5.74, 6) is 0. The van der Waals surface area contributed by atoms with Crippen molar-refractivity contribution in [3.05, 3.63) is 99.0 Å². The van der Waals surface area contributed by atoms with E-state index in [1.807, 2.05) is 0 Å². The molecule has 0 atom stereocenters. The van der Waals surface area contributed by atoms with E-state index in [9.17, 15) is 0 Å². The Morgan fingerprint density at radius 1 is 0.800 bits per heavy atom. The van der Waals surface area contributed by atoms with Gasteiger partial charge in [0.25, 0.3) is 0 Å². The van der Waals surface area contributed by atoms with Crippen LogP contribution in [0, 0.1) is 0 Å². The molecule has 0 aromatic carbocycles. The summed E-state index contributed by atoms with van der Waals surface area (Å²) in [5.41, 5.74) is 2.75. The molecule has 2 heteroatoms. The normalized spacial score (nSPS) is 11.6. The maximum Gasteiger partial charge on any atom is 0.0964 e. The number of aliphatic imine (C=N–C) groups is 2. The first-order valence-electron chi connectivity index (χ1n) is 5.98. The molecule has 2 nitrogen and oxygen atoms in total. The zero-order valence-corrected chi connectivity index (χ0v) is 11.8. The van der Waals surface area contributed by atoms with Crippen molar-refractivity contribution in [3.63, 3.8) is 0 Å². The number of allylic oxidation sites excluding steroid dienone is 8. The van der Waals surface area contributed by atoms with Crippen molar-refractivity contribution in [3.8, 4) is 0 Å². The van der Waals surface area contributed by atoms with Crippen molar-refractivity contribution in [1.82, 2.24) is 0 Å². The third-order valence-corrected chi connectivity index (χ3v) is 2.26. The average molecular weight is 264 g/mol. The molecule has 0 unspecified atom stereocenters. The molecule has 0 aliphatic rings. The molecule has 0 fully saturated rings. The second kappa shape index (κ2) is 10.2. The van der Waals surface area contributed by atoms with Gasteiger partial charge in [0.2, 0.25) is 0 Å². The van der Waals surface area contributed by atoms with Crippen molar-refractivity contribution in [2.45, 2.75) is 0 Å². The van der Waals surface area contributed by atoms with Gasteiger partial charge in [-0.15, -0.1) is 0 Å². The highest BCUT2D eigenvalue weighted by atomic mass is 14.8. The maximum atomic E-state index is 4.35. The molecule has 0 amide bonds. The summed E-state index contributed by atoms with van der Waals surface area (Å²) in [6.45, 7) is 22.2. The van der Waals surface area contributed by atoms with E-state index in [4.69, 9.17) is 0 Å². The van der Waals surface area contributed by atoms with Crippen LogP contribution in [0.2, 0.25) is 0 Å². The fourth-order valence-corrected chi connectivity index (χ4v) is 1.41. The largest absolute Gasteiger partial charge is 0.255 e. The summed E-state index contributed by atoms with van der Waals surface area (Å²) in [5, 5.41) is 0. The maximum absolute atomic E-state index is 4.35. The Labute approximate surface area is 121 Å². The number of rotatable bonds is 9. The van der Waals surface area contributed by atoms with Crippen molar-refractivity contribution in [2.24, 2.45) is 9.98 Å². The highest BCUT2D eigenvalue weighted by molar-refractivity contribution is 6.15. The molecule has 0 saturated heterocycles. The fraction of sp³-hybridized carbons (Fsp3) is 0. The third kappa shape index (κ3) is 4.86. The van der Waals surface area contributed by atoms with Gasteiger partial charge >= 0.3 is 0 Å². The third-order valence-electron chi connectivity index (χ3n) is 2.26. The molecular weight excluding hydrogens is 244 g/mol. The van der Waals surface area contributed by atoms with Crippen LogP contribution in [0.15, 0.2) is 109 Å². The van der Waals surface area contributed by atoms with Gasteiger partial charge in [-0.1, -0.05) is 75.9 Å². The predicted molar refractivity (Wildman–Crippen MR) is 92.2 cm³/mol. The second-order valence-electron chi connectivity index (χ2n) is 3.45. The van der Waals surface area contributed by atoms with E-state index < -0.39 is 0 Å². The van der Waals surface area contributed by atoms with Gasteiger partial charge < -0.3 is 0 Å². The highest BCUT2D eigenvalue weighted by Gasteiger charge is 2.11. The topological polar surface area (TPSA) is 24.7 Å². The smallest absolute Gasteiger partial charge is 0.0964 e. The van der Waals surface area contributed by atoms with Crippen LogP contribution in [0.5, 0.6) is 0 Å². The minimum absolute atomic E-state index is 0.614. The van der Waals surface area contributed by atoms with Crippen LogP contribution in [0.4, 0.5) is 0 Å². The molecule has 0 aliphatic carbocycles. The van der Waals surface area contributed by atoms with Crippen LogP contribution >= 0.6 is 0 Å². The van der Waals surface area contributed by atoms with Gasteiger partial charge in [-0.3, -0.25) is 9.98 Å². The van der Waals surface area contributed by atoms with Crippen molar-refractivity contribution in [2.75, 3.05) is 0 Å². The van der Waals surface area contributed by atoms with E-state index in [1.165, 1.54) is 6.20 Å². The van der Waals surface area contributed by atoms with Gasteiger partial charge in [0.1, 0.15) is 0 Å². The molecule has 0 spiro atoms. The predicted octanol–water partition coefficient (Wildman–Crippen LogP) is 4.75. The van der Waals surface area contributed by atoms with E-state index in [1.54, 1.807) is 42.7 Å². The van der Waals surface area contributed by atoms with Crippen LogP contribution in [0.1, 0.15) is 0 Å². The summed E-state index contributed by atoms with van der Waals surface area (Å²) >= 11 is 0. The monoisotopic (exact) mass is 264 g/mol. The Hall–Kier alpha value is -2.74. The summed E-state index contributed by atoms with van der Waals surface area (Å²) in [6.07, 6.45) is 13.1. The molecule has 102 valence electrons. The van der Waals surface area contributed by atoms with E-state index in [0.717, 1.165) is 11.1 Å². The molecule has 0 N–H and O–H groups in total. The SMILES string of the molecule is C=C/C=N\C(=C(C=C)C=C)C(=N/C=C)/C(C=C)=C\C=C. The Balaban J connectivity index is 6.32. The zero-order valence-electron chi connectivity index (χ0n) is 11.8. The van der Waals surface area contributed by atoms with Gasteiger partial charge in [-0.05, 0) is 0 Å². The number of hydrogen-bond donors (Lipinski definition) is 0. The molecule has 0 rings (SSSR count). The lowest BCUT2D eigenvalue weighted by Gasteiger charge is -2.09. The minimum atomic E-state index is 0.614. The molecular formula is C18H20N2. The number of nitrogens with zero attached hydrogens (tertiary/aromatic N) is 2. The van der Waals surface area contributed by atoms with E-state index in [2.05, 4.69) is 49.5 Å². The molecule has 20 heavy (non-hydrogen) atoms. The van der Waals surface area contributed by atoms with E-state index in [0.29, 0.717) is 11.4 Å². The lowest BCUT2D eigenvalue weighted by atomic mass is 10.0. The number of hydrogen-bond acceptors (Lipinski definition) is 2. The van der Waals surface area contributed by atoms with Gasteiger partial charge in [0.15, 0.2) is 0 Å². The minimum Gasteiger partial charge on any atom is -0.255 e. The lowest BCUT2D eigenvalue weighted by molar-refractivity contribution is 1.38. The van der Waals surface area contributed by atoms with Crippen LogP contribution in [-0.2, 0) is 0 Å². The van der Waals surface area contributed by atoms with E-state index >= 15 is 0 Å². The first kappa shape index (κ1) is 17.3. The van der Waals surface area contributed by atoms with Crippen molar-refractivity contribution >= 4 is 11.9 Å². The molecule has 0 radical (unpaired) electrons. The zero-order chi connectivity index (χ0) is 15.4. The molecule has 0 heterocycles. The van der Waals surface area contributed by atoms with Gasteiger partial charge in [-0.25, -0.2) is 0 Å². The molecule has 0 bridgehead atoms. The van der Waals surface area contributed by atoms with Crippen molar-refractivity contribution in [1.29, 1.82) is 0 Å². The van der Waals surface area contributed by atoms with Crippen LogP contribution < -0.4 is 0 Å². The fourth-order valence-electron chi connectivity index (χ4n) is 1.41. The molecule has 0 aliphatic heterocycles. The Morgan fingerprint density at radius 2 is 1.45 bits per heavy atom. The first-order chi connectivity index (χ1) is 9.69. The van der Waals surface area contributed by atoms with Gasteiger partial charge in [-0.2, -0.15) is 0 Å². The second-order valence-corrected chi connectivity index (χ2v) is 3.45. The standard InChI is InChI=1S/C18H20N2/c1-7-13-16(11-5)18(19-12-6)17(20-14-8-2)15(9-3)10-4/h7-14H,1-6H2/b16-13-,19-18+,20-14-. The van der Waals surface area contributed by atoms with Crippen LogP contribution in [0.3, 0.4) is 0 Å². The average Bonchev–Trinajstić information content (AvgIpc) is 2.47. The quantitative estimate of drug-likeness (QED) is 0.424. The summed E-state index contributed by atoms with van der Waals surface area (Å²) in [4.78, 5) is 8.62. The van der Waals surface area contributed by atoms with Crippen molar-refractivity contribution < 1.29 is 0 Å². The molecule has 0 saturated carbocycles. The summed E-state index contributed by atoms with van der Waals surface area (Å²) in [6, 6.07) is 0. The molecule has 0 aromatic heterocycles. The lowest BCUT2D eigenvalue weighted by Crippen LogP contribution is -2.06. The summed E-state index contributed by atoms with van der Waals surface area (Å²) < 4.78 is 0. The Morgan fingerprint density at radius 3 is 1.85 bits per heavy atom. The first-order valence-corrected chi connectivity index (χ1v) is 5.98. The van der Waals surface area contributed by atoms with Gasteiger partial charge in [0, 0.05) is 23.6 Å². The Kier molecular flexibility index (Phi) is 8.81. The van der Waals surface area contributed by atoms with Crippen LogP contribution in [-0.4, -0.2) is 11.9 Å². The summed E-state index contributed by atoms with van der Waals surface area (Å²) in [7, 11) is 0. The van der Waals surface area contributed by atoms with E-state index in [-0.39, 0.29) is 0 Å².